The third-order valence-electron chi connectivity index (χ3n) is 3.17. The molecular formula is C14H18O3. The monoisotopic (exact) mass is 234 g/mol. The standard InChI is InChI=1S/C14H18O3/c1-2-10(15)9-17-14-8-4-5-11-12(14)6-3-7-13(11)16/h4-5,8,10,15H,2-3,6-7,9H2,1H3. The molecule has 0 saturated carbocycles. The number of fused-ring (bicyclic) bond motifs is 1. The van der Waals surface area contributed by atoms with Gasteiger partial charge in [0.25, 0.3) is 0 Å². The minimum absolute atomic E-state index is 0.202. The predicted molar refractivity (Wildman–Crippen MR) is 65.5 cm³/mol. The van der Waals surface area contributed by atoms with Crippen LogP contribution >= 0.6 is 0 Å². The number of ether oxygens (including phenoxy) is 1. The highest BCUT2D eigenvalue weighted by molar-refractivity contribution is 5.99. The molecule has 92 valence electrons. The Labute approximate surface area is 101 Å². The van der Waals surface area contributed by atoms with Crippen LogP contribution in [0, 0.1) is 0 Å². The SMILES string of the molecule is CCC(O)COc1cccc2c1CCCC2=O. The summed E-state index contributed by atoms with van der Waals surface area (Å²) in [5.41, 5.74) is 1.80. The van der Waals surface area contributed by atoms with Crippen LogP contribution in [0.15, 0.2) is 18.2 Å². The highest BCUT2D eigenvalue weighted by Crippen LogP contribution is 2.29. The number of Topliss-reactive ketones (excluding diaryl/α,β-unsaturated/α-hetero) is 1. The second kappa shape index (κ2) is 5.32. The van der Waals surface area contributed by atoms with Crippen molar-refractivity contribution in [2.45, 2.75) is 38.7 Å². The van der Waals surface area contributed by atoms with Crippen molar-refractivity contribution in [1.29, 1.82) is 0 Å². The van der Waals surface area contributed by atoms with Crippen LogP contribution in [0.3, 0.4) is 0 Å². The maximum absolute atomic E-state index is 11.7. The van der Waals surface area contributed by atoms with E-state index in [1.807, 2.05) is 25.1 Å². The smallest absolute Gasteiger partial charge is 0.163 e. The molecule has 0 bridgehead atoms. The number of rotatable bonds is 4. The summed E-state index contributed by atoms with van der Waals surface area (Å²) in [6.45, 7) is 2.21. The lowest BCUT2D eigenvalue weighted by molar-refractivity contribution is 0.0964. The summed E-state index contributed by atoms with van der Waals surface area (Å²) in [6, 6.07) is 5.58. The highest BCUT2D eigenvalue weighted by Gasteiger charge is 2.20. The quantitative estimate of drug-likeness (QED) is 0.869. The minimum Gasteiger partial charge on any atom is -0.491 e. The fourth-order valence-corrected chi connectivity index (χ4v) is 2.08. The second-order valence-corrected chi connectivity index (χ2v) is 4.43. The van der Waals surface area contributed by atoms with Crippen LogP contribution in [-0.2, 0) is 6.42 Å². The molecule has 1 aliphatic rings. The van der Waals surface area contributed by atoms with E-state index < -0.39 is 6.10 Å². The molecule has 0 radical (unpaired) electrons. The van der Waals surface area contributed by atoms with E-state index in [1.54, 1.807) is 0 Å². The number of aliphatic hydroxyl groups is 1. The Hall–Kier alpha value is -1.35. The van der Waals surface area contributed by atoms with Crippen molar-refractivity contribution in [1.82, 2.24) is 0 Å². The van der Waals surface area contributed by atoms with Crippen LogP contribution in [0.5, 0.6) is 5.75 Å². The molecule has 0 aromatic heterocycles. The van der Waals surface area contributed by atoms with Gasteiger partial charge in [-0.05, 0) is 25.3 Å². The number of ketones is 1. The molecule has 3 nitrogen and oxygen atoms in total. The molecule has 1 unspecified atom stereocenters. The molecule has 1 aliphatic carbocycles. The van der Waals surface area contributed by atoms with E-state index in [4.69, 9.17) is 4.74 Å². The van der Waals surface area contributed by atoms with Crippen LogP contribution in [0.25, 0.3) is 0 Å². The van der Waals surface area contributed by atoms with E-state index in [-0.39, 0.29) is 5.78 Å². The molecule has 0 spiro atoms. The lowest BCUT2D eigenvalue weighted by Crippen LogP contribution is -2.18. The Bertz CT molecular complexity index is 412. The number of benzene rings is 1. The number of hydrogen-bond donors (Lipinski definition) is 1. The van der Waals surface area contributed by atoms with E-state index in [1.165, 1.54) is 0 Å². The zero-order chi connectivity index (χ0) is 12.3. The summed E-state index contributed by atoms with van der Waals surface area (Å²) in [4.78, 5) is 11.7. The average Bonchev–Trinajstić information content (AvgIpc) is 2.36. The van der Waals surface area contributed by atoms with Gasteiger partial charge in [0.15, 0.2) is 5.78 Å². The van der Waals surface area contributed by atoms with Crippen molar-refractivity contribution in [2.75, 3.05) is 6.61 Å². The van der Waals surface area contributed by atoms with Gasteiger partial charge in [0.05, 0.1) is 6.10 Å². The Morgan fingerprint density at radius 2 is 2.24 bits per heavy atom. The normalized spacial score (nSPS) is 16.5. The van der Waals surface area contributed by atoms with Gasteiger partial charge in [0, 0.05) is 17.5 Å². The third kappa shape index (κ3) is 2.67. The fraction of sp³-hybridized carbons (Fsp3) is 0.500. The Kier molecular flexibility index (Phi) is 3.79. The summed E-state index contributed by atoms with van der Waals surface area (Å²) >= 11 is 0. The van der Waals surface area contributed by atoms with Gasteiger partial charge in [-0.1, -0.05) is 19.1 Å². The van der Waals surface area contributed by atoms with Gasteiger partial charge in [0.2, 0.25) is 0 Å². The van der Waals surface area contributed by atoms with E-state index in [9.17, 15) is 9.90 Å². The lowest BCUT2D eigenvalue weighted by atomic mass is 9.90. The van der Waals surface area contributed by atoms with Gasteiger partial charge in [-0.15, -0.1) is 0 Å². The highest BCUT2D eigenvalue weighted by atomic mass is 16.5. The molecular weight excluding hydrogens is 216 g/mol. The lowest BCUT2D eigenvalue weighted by Gasteiger charge is -2.19. The van der Waals surface area contributed by atoms with Crippen molar-refractivity contribution in [3.63, 3.8) is 0 Å². The molecule has 0 amide bonds. The molecule has 1 aromatic rings. The van der Waals surface area contributed by atoms with Crippen molar-refractivity contribution < 1.29 is 14.6 Å². The maximum Gasteiger partial charge on any atom is 0.163 e. The molecule has 17 heavy (non-hydrogen) atoms. The first-order chi connectivity index (χ1) is 8.22. The van der Waals surface area contributed by atoms with Crippen molar-refractivity contribution in [3.8, 4) is 5.75 Å². The second-order valence-electron chi connectivity index (χ2n) is 4.43. The molecule has 0 fully saturated rings. The summed E-state index contributed by atoms with van der Waals surface area (Å²) in [7, 11) is 0. The van der Waals surface area contributed by atoms with Gasteiger partial charge in [-0.3, -0.25) is 4.79 Å². The van der Waals surface area contributed by atoms with Crippen molar-refractivity contribution in [3.05, 3.63) is 29.3 Å². The number of aliphatic hydroxyl groups excluding tert-OH is 1. The Balaban J connectivity index is 2.18. The van der Waals surface area contributed by atoms with Crippen LogP contribution in [0.1, 0.15) is 42.1 Å². The van der Waals surface area contributed by atoms with E-state index in [0.29, 0.717) is 19.4 Å². The fourth-order valence-electron chi connectivity index (χ4n) is 2.08. The molecule has 0 saturated heterocycles. The summed E-state index contributed by atoms with van der Waals surface area (Å²) in [6.07, 6.45) is 2.65. The first-order valence-electron chi connectivity index (χ1n) is 6.18. The topological polar surface area (TPSA) is 46.5 Å². The van der Waals surface area contributed by atoms with E-state index in [0.717, 1.165) is 29.7 Å². The minimum atomic E-state index is -0.440. The van der Waals surface area contributed by atoms with Gasteiger partial charge in [-0.25, -0.2) is 0 Å². The van der Waals surface area contributed by atoms with Crippen LogP contribution < -0.4 is 4.74 Å². The predicted octanol–water partition coefficient (Wildman–Crippen LogP) is 2.36. The zero-order valence-electron chi connectivity index (χ0n) is 10.1. The molecule has 3 heteroatoms. The molecule has 1 N–H and O–H groups in total. The number of carbonyl (C=O) groups is 1. The van der Waals surface area contributed by atoms with Gasteiger partial charge >= 0.3 is 0 Å². The van der Waals surface area contributed by atoms with E-state index >= 15 is 0 Å². The van der Waals surface area contributed by atoms with Crippen LogP contribution in [0.4, 0.5) is 0 Å². The number of carbonyl (C=O) groups excluding carboxylic acids is 1. The van der Waals surface area contributed by atoms with Gasteiger partial charge in [0.1, 0.15) is 12.4 Å². The first-order valence-corrected chi connectivity index (χ1v) is 6.18. The van der Waals surface area contributed by atoms with Gasteiger partial charge < -0.3 is 9.84 Å². The van der Waals surface area contributed by atoms with Gasteiger partial charge in [-0.2, -0.15) is 0 Å². The average molecular weight is 234 g/mol. The van der Waals surface area contributed by atoms with Crippen LogP contribution in [0.2, 0.25) is 0 Å². The molecule has 2 rings (SSSR count). The maximum atomic E-state index is 11.7. The zero-order valence-corrected chi connectivity index (χ0v) is 10.1. The summed E-state index contributed by atoms with van der Waals surface area (Å²) < 4.78 is 5.60. The Morgan fingerprint density at radius 3 is 3.00 bits per heavy atom. The largest absolute Gasteiger partial charge is 0.491 e. The summed E-state index contributed by atoms with van der Waals surface area (Å²) in [5.74, 6) is 0.954. The summed E-state index contributed by atoms with van der Waals surface area (Å²) in [5, 5.41) is 9.48. The molecule has 1 atom stereocenters. The van der Waals surface area contributed by atoms with E-state index in [2.05, 4.69) is 0 Å². The van der Waals surface area contributed by atoms with Crippen LogP contribution in [-0.4, -0.2) is 23.6 Å². The Morgan fingerprint density at radius 1 is 1.41 bits per heavy atom. The van der Waals surface area contributed by atoms with Crippen molar-refractivity contribution in [2.24, 2.45) is 0 Å². The third-order valence-corrected chi connectivity index (χ3v) is 3.17. The molecule has 0 aliphatic heterocycles. The number of hydrogen-bond acceptors (Lipinski definition) is 3. The molecule has 1 aromatic carbocycles. The molecule has 0 heterocycles. The van der Waals surface area contributed by atoms with Crippen molar-refractivity contribution >= 4 is 5.78 Å². The first kappa shape index (κ1) is 12.1.